The first-order valence-electron chi connectivity index (χ1n) is 20.5. The lowest BCUT2D eigenvalue weighted by Crippen LogP contribution is -2.34. The topological polar surface area (TPSA) is 250 Å². The standard InChI is InChI=1S/C44H64N4O14/c1-27(14-10-11-18-39(45)53)38(23-37(57-7)28(2)19-20-35(52)29(3)36(56-6)17-13-21-48(5)26-49)62-40(54)22-31(50)15-12-16-34(51)30(4)41(58-8)32-24-60-42(46-32)33-25-61-43(47-33)44(55)59-9/h11-13,16,18,21,24-31,36-38,41,50H,10,14-15,17,19-20,22-23H2,1-9H3,(H2,45,53)/b16-12+,18-11+,21-13+/t27-,28+,29+,30-,31-,36+,37-,38-,41+/m0/s1. The van der Waals surface area contributed by atoms with Crippen LogP contribution < -0.4 is 5.73 Å². The van der Waals surface area contributed by atoms with Gasteiger partial charge in [-0.1, -0.05) is 45.9 Å². The van der Waals surface area contributed by atoms with Gasteiger partial charge in [0.2, 0.25) is 18.2 Å². The minimum absolute atomic E-state index is 0.0215. The van der Waals surface area contributed by atoms with Gasteiger partial charge in [-0.05, 0) is 56.1 Å². The van der Waals surface area contributed by atoms with Crippen molar-refractivity contribution < 1.29 is 66.4 Å². The van der Waals surface area contributed by atoms with Gasteiger partial charge in [-0.3, -0.25) is 24.0 Å². The zero-order chi connectivity index (χ0) is 46.4. The highest BCUT2D eigenvalue weighted by molar-refractivity contribution is 5.92. The second-order valence-electron chi connectivity index (χ2n) is 15.3. The van der Waals surface area contributed by atoms with E-state index in [0.29, 0.717) is 44.2 Å². The molecule has 2 aromatic heterocycles. The van der Waals surface area contributed by atoms with Crippen molar-refractivity contribution in [3.63, 3.8) is 0 Å². The Bertz CT molecular complexity index is 1820. The minimum Gasteiger partial charge on any atom is -0.462 e. The number of carbonyl (C=O) groups excluding carboxylic acids is 6. The molecule has 0 aliphatic carbocycles. The molecule has 62 heavy (non-hydrogen) atoms. The van der Waals surface area contributed by atoms with E-state index in [1.165, 1.54) is 49.9 Å². The maximum absolute atomic E-state index is 13.2. The zero-order valence-corrected chi connectivity index (χ0v) is 37.2. The number of hydrogen-bond donors (Lipinski definition) is 2. The Balaban J connectivity index is 2.04. The molecule has 0 unspecified atom stereocenters. The number of aromatic nitrogens is 2. The van der Waals surface area contributed by atoms with Crippen molar-refractivity contribution in [2.45, 2.75) is 110 Å². The van der Waals surface area contributed by atoms with Gasteiger partial charge >= 0.3 is 17.8 Å². The average molecular weight is 873 g/mol. The highest BCUT2D eigenvalue weighted by Gasteiger charge is 2.31. The first-order valence-corrected chi connectivity index (χ1v) is 20.5. The highest BCUT2D eigenvalue weighted by atomic mass is 16.6. The Hall–Kier alpha value is -5.30. The maximum Gasteiger partial charge on any atom is 0.394 e. The molecule has 2 amide bonds. The first-order chi connectivity index (χ1) is 29.5. The number of carbonyl (C=O) groups is 6. The lowest BCUT2D eigenvalue weighted by atomic mass is 9.86. The molecule has 0 aromatic carbocycles. The van der Waals surface area contributed by atoms with Gasteiger partial charge in [-0.2, -0.15) is 4.98 Å². The van der Waals surface area contributed by atoms with E-state index in [1.54, 1.807) is 46.5 Å². The Kier molecular flexibility index (Phi) is 23.5. The molecule has 2 heterocycles. The largest absolute Gasteiger partial charge is 0.462 e. The summed E-state index contributed by atoms with van der Waals surface area (Å²) in [6.07, 6.45) is 11.1. The van der Waals surface area contributed by atoms with Gasteiger partial charge in [0.1, 0.15) is 36.2 Å². The summed E-state index contributed by atoms with van der Waals surface area (Å²) in [5.74, 6) is -3.95. The van der Waals surface area contributed by atoms with Gasteiger partial charge in [0, 0.05) is 53.3 Å². The van der Waals surface area contributed by atoms with Crippen molar-refractivity contribution in [1.82, 2.24) is 14.9 Å². The smallest absolute Gasteiger partial charge is 0.394 e. The number of hydrogen-bond acceptors (Lipinski definition) is 16. The van der Waals surface area contributed by atoms with Crippen LogP contribution in [-0.2, 0) is 47.7 Å². The molecule has 0 aliphatic heterocycles. The van der Waals surface area contributed by atoms with Gasteiger partial charge in [0.05, 0.1) is 37.8 Å². The summed E-state index contributed by atoms with van der Waals surface area (Å²) in [5, 5.41) is 10.8. The van der Waals surface area contributed by atoms with Gasteiger partial charge in [0.25, 0.3) is 0 Å². The molecule has 2 rings (SSSR count). The quantitative estimate of drug-likeness (QED) is 0.0567. The Morgan fingerprint density at radius 1 is 0.839 bits per heavy atom. The van der Waals surface area contributed by atoms with Crippen LogP contribution in [0.5, 0.6) is 0 Å². The van der Waals surface area contributed by atoms with Gasteiger partial charge in [0.15, 0.2) is 11.5 Å². The Morgan fingerprint density at radius 3 is 2.16 bits per heavy atom. The Labute approximate surface area is 363 Å². The molecular weight excluding hydrogens is 808 g/mol. The van der Waals surface area contributed by atoms with Gasteiger partial charge < -0.3 is 48.3 Å². The number of esters is 2. The number of ether oxygens (including phenoxy) is 5. The molecule has 18 nitrogen and oxygen atoms in total. The van der Waals surface area contributed by atoms with Crippen LogP contribution in [0.4, 0.5) is 0 Å². The van der Waals surface area contributed by atoms with Crippen molar-refractivity contribution in [3.8, 4) is 11.6 Å². The maximum atomic E-state index is 13.2. The van der Waals surface area contributed by atoms with Crippen molar-refractivity contribution in [3.05, 3.63) is 60.7 Å². The molecule has 0 fully saturated rings. The second kappa shape index (κ2) is 27.6. The summed E-state index contributed by atoms with van der Waals surface area (Å²) >= 11 is 0. The number of ketones is 2. The summed E-state index contributed by atoms with van der Waals surface area (Å²) in [7, 11) is 7.32. The van der Waals surface area contributed by atoms with Crippen LogP contribution in [0.3, 0.4) is 0 Å². The number of allylic oxidation sites excluding steroid dienone is 2. The summed E-state index contributed by atoms with van der Waals surface area (Å²) in [6, 6.07) is 0. The van der Waals surface area contributed by atoms with Crippen LogP contribution in [0.15, 0.2) is 57.9 Å². The van der Waals surface area contributed by atoms with Gasteiger partial charge in [-0.25, -0.2) is 9.78 Å². The zero-order valence-electron chi connectivity index (χ0n) is 37.2. The average Bonchev–Trinajstić information content (AvgIpc) is 3.95. The second-order valence-corrected chi connectivity index (χ2v) is 15.3. The van der Waals surface area contributed by atoms with E-state index in [4.69, 9.17) is 33.5 Å². The molecule has 0 saturated carbocycles. The van der Waals surface area contributed by atoms with Crippen molar-refractivity contribution >= 4 is 35.8 Å². The molecule has 2 aromatic rings. The van der Waals surface area contributed by atoms with E-state index in [0.717, 1.165) is 0 Å². The van der Waals surface area contributed by atoms with Crippen LogP contribution in [0, 0.1) is 23.7 Å². The first kappa shape index (κ1) is 52.8. The molecule has 0 radical (unpaired) electrons. The van der Waals surface area contributed by atoms with Crippen LogP contribution in [0.25, 0.3) is 11.6 Å². The number of oxazole rings is 2. The number of aliphatic hydroxyl groups excluding tert-OH is 1. The fourth-order valence-electron chi connectivity index (χ4n) is 6.63. The number of nitrogens with two attached hydrogens (primary N) is 1. The summed E-state index contributed by atoms with van der Waals surface area (Å²) in [6.45, 7) is 7.34. The van der Waals surface area contributed by atoms with E-state index in [2.05, 4.69) is 14.7 Å². The lowest BCUT2D eigenvalue weighted by Gasteiger charge is -2.31. The summed E-state index contributed by atoms with van der Waals surface area (Å²) in [4.78, 5) is 83.1. The number of Topliss-reactive ketones (excluding diaryl/α,β-unsaturated/α-hetero) is 1. The fraction of sp³-hybridized carbons (Fsp3) is 0.591. The van der Waals surface area contributed by atoms with Gasteiger partial charge in [-0.15, -0.1) is 0 Å². The van der Waals surface area contributed by atoms with E-state index < -0.39 is 48.0 Å². The highest BCUT2D eigenvalue weighted by Crippen LogP contribution is 2.30. The molecule has 3 N–H and O–H groups in total. The molecule has 0 aliphatic rings. The number of nitrogens with zero attached hydrogens (tertiary/aromatic N) is 3. The SMILES string of the molecule is COC(=O)c1nc(-c2nc([C@H](OC)[C@@H](C)C(=O)/C=C/C[C@H](O)CC(=O)O[C@@H](C[C@H](OC)[C@H](C)CCC(=O)[C@@H](C)[C@@H](C/C=C/N(C)C=O)OC)[C@@H](C)CC/C=C/C(N)=O)co2)co1. The molecule has 0 spiro atoms. The van der Waals surface area contributed by atoms with E-state index in [1.807, 2.05) is 20.8 Å². The monoisotopic (exact) mass is 872 g/mol. The van der Waals surface area contributed by atoms with E-state index in [9.17, 15) is 33.9 Å². The molecule has 9 atom stereocenters. The number of primary amides is 1. The minimum atomic E-state index is -1.16. The molecule has 18 heteroatoms. The number of methoxy groups -OCH3 is 4. The predicted molar refractivity (Wildman–Crippen MR) is 225 cm³/mol. The van der Waals surface area contributed by atoms with Crippen LogP contribution in [0.1, 0.15) is 102 Å². The number of aliphatic hydroxyl groups is 1. The summed E-state index contributed by atoms with van der Waals surface area (Å²) < 4.78 is 38.1. The van der Waals surface area contributed by atoms with Crippen molar-refractivity contribution in [2.24, 2.45) is 29.4 Å². The van der Waals surface area contributed by atoms with E-state index in [-0.39, 0.29) is 72.3 Å². The third-order valence-corrected chi connectivity index (χ3v) is 10.6. The van der Waals surface area contributed by atoms with Crippen LogP contribution >= 0.6 is 0 Å². The summed E-state index contributed by atoms with van der Waals surface area (Å²) in [5.41, 5.74) is 5.67. The van der Waals surface area contributed by atoms with E-state index >= 15 is 0 Å². The van der Waals surface area contributed by atoms with Crippen molar-refractivity contribution in [1.29, 1.82) is 0 Å². The molecular formula is C44H64N4O14. The Morgan fingerprint density at radius 2 is 1.53 bits per heavy atom. The van der Waals surface area contributed by atoms with Crippen LogP contribution in [0.2, 0.25) is 0 Å². The lowest BCUT2D eigenvalue weighted by molar-refractivity contribution is -0.156. The number of rotatable bonds is 31. The molecule has 0 bridgehead atoms. The molecule has 344 valence electrons. The van der Waals surface area contributed by atoms with Crippen molar-refractivity contribution in [2.75, 3.05) is 35.5 Å². The number of amides is 2. The fourth-order valence-corrected chi connectivity index (χ4v) is 6.63. The third kappa shape index (κ3) is 17.6. The molecule has 0 saturated heterocycles. The predicted octanol–water partition coefficient (Wildman–Crippen LogP) is 5.11. The third-order valence-electron chi connectivity index (χ3n) is 10.6. The van der Waals surface area contributed by atoms with Crippen LogP contribution in [-0.4, -0.2) is 116 Å². The normalized spacial score (nSPS) is 16.3.